The zero-order valence-electron chi connectivity index (χ0n) is 13.1. The monoisotopic (exact) mass is 355 g/mol. The van der Waals surface area contributed by atoms with Crippen molar-refractivity contribution in [2.45, 2.75) is 0 Å². The van der Waals surface area contributed by atoms with E-state index in [1.165, 1.54) is 17.0 Å². The van der Waals surface area contributed by atoms with Gasteiger partial charge in [-0.3, -0.25) is 14.7 Å². The van der Waals surface area contributed by atoms with E-state index in [-0.39, 0.29) is 22.9 Å². The van der Waals surface area contributed by atoms with Crippen molar-refractivity contribution in [3.8, 4) is 5.75 Å². The molecule has 1 amide bonds. The van der Waals surface area contributed by atoms with Gasteiger partial charge in [-0.2, -0.15) is 0 Å². The number of benzene rings is 1. The molecule has 0 bridgehead atoms. The number of aromatic carboxylic acids is 1. The molecule has 0 unspecified atom stereocenters. The summed E-state index contributed by atoms with van der Waals surface area (Å²) in [6.45, 7) is 0. The van der Waals surface area contributed by atoms with E-state index in [2.05, 4.69) is 9.98 Å². The van der Waals surface area contributed by atoms with Gasteiger partial charge in [0.25, 0.3) is 5.91 Å². The van der Waals surface area contributed by atoms with Gasteiger partial charge in [-0.25, -0.2) is 9.79 Å². The molecule has 0 spiro atoms. The third-order valence-electron chi connectivity index (χ3n) is 3.40. The second kappa shape index (κ2) is 6.78. The van der Waals surface area contributed by atoms with E-state index in [1.54, 1.807) is 31.5 Å². The maximum absolute atomic E-state index is 12.4. The zero-order chi connectivity index (χ0) is 18.0. The predicted molar refractivity (Wildman–Crippen MR) is 94.7 cm³/mol. The number of hydrogen-bond donors (Lipinski definition) is 2. The lowest BCUT2D eigenvalue weighted by Crippen LogP contribution is -2.23. The lowest BCUT2D eigenvalue weighted by Gasteiger charge is -2.08. The zero-order valence-corrected chi connectivity index (χ0v) is 13.9. The number of aromatic hydroxyl groups is 1. The van der Waals surface area contributed by atoms with Gasteiger partial charge in [-0.1, -0.05) is 6.07 Å². The molecule has 1 aromatic carbocycles. The highest BCUT2D eigenvalue weighted by atomic mass is 32.2. The molecular weight excluding hydrogens is 342 g/mol. The van der Waals surface area contributed by atoms with E-state index in [0.717, 1.165) is 17.8 Å². The van der Waals surface area contributed by atoms with Gasteiger partial charge in [0.1, 0.15) is 5.75 Å². The molecule has 0 aliphatic carbocycles. The Kier molecular flexibility index (Phi) is 4.53. The van der Waals surface area contributed by atoms with Crippen LogP contribution in [0.3, 0.4) is 0 Å². The number of thioether (sulfide) groups is 1. The van der Waals surface area contributed by atoms with Crippen LogP contribution in [0.1, 0.15) is 16.1 Å². The maximum Gasteiger partial charge on any atom is 0.338 e. The van der Waals surface area contributed by atoms with Gasteiger partial charge >= 0.3 is 5.97 Å². The molecule has 1 aliphatic rings. The molecule has 1 saturated heterocycles. The lowest BCUT2D eigenvalue weighted by molar-refractivity contribution is -0.121. The minimum Gasteiger partial charge on any atom is -0.508 e. The topological polar surface area (TPSA) is 103 Å². The molecule has 1 aromatic heterocycles. The largest absolute Gasteiger partial charge is 0.508 e. The van der Waals surface area contributed by atoms with E-state index >= 15 is 0 Å². The number of amides is 1. The Hall–Kier alpha value is -3.13. The summed E-state index contributed by atoms with van der Waals surface area (Å²) in [6, 6.07) is 9.23. The number of carboxylic acid groups (broad SMARTS) is 1. The van der Waals surface area contributed by atoms with Crippen LogP contribution in [0, 0.1) is 0 Å². The fourth-order valence-electron chi connectivity index (χ4n) is 2.14. The standard InChI is InChI=1S/C17H13N3O4S/c1-20-15(22)14(8-10-4-2-3-7-18-10)25-17(20)19-13-6-5-11(21)9-12(13)16(23)24/h2-9,21H,1H3,(H,23,24)/b14-8-,19-17?. The van der Waals surface area contributed by atoms with Gasteiger partial charge in [-0.15, -0.1) is 0 Å². The van der Waals surface area contributed by atoms with E-state index in [0.29, 0.717) is 15.8 Å². The van der Waals surface area contributed by atoms with Gasteiger partial charge in [-0.05, 0) is 48.2 Å². The number of pyridine rings is 1. The number of nitrogens with zero attached hydrogens (tertiary/aromatic N) is 3. The highest BCUT2D eigenvalue weighted by molar-refractivity contribution is 8.18. The Balaban J connectivity index is 1.97. The molecule has 126 valence electrons. The first-order chi connectivity index (χ1) is 12.0. The summed E-state index contributed by atoms with van der Waals surface area (Å²) in [4.78, 5) is 33.9. The smallest absolute Gasteiger partial charge is 0.338 e. The lowest BCUT2D eigenvalue weighted by atomic mass is 10.2. The van der Waals surface area contributed by atoms with Crippen molar-refractivity contribution < 1.29 is 19.8 Å². The third kappa shape index (κ3) is 3.53. The van der Waals surface area contributed by atoms with Crippen LogP contribution in [0.2, 0.25) is 0 Å². The molecule has 25 heavy (non-hydrogen) atoms. The molecule has 0 atom stereocenters. The Labute approximate surface area is 147 Å². The Bertz CT molecular complexity index is 909. The summed E-state index contributed by atoms with van der Waals surface area (Å²) < 4.78 is 0. The first kappa shape index (κ1) is 16.7. The fraction of sp³-hybridized carbons (Fsp3) is 0.0588. The van der Waals surface area contributed by atoms with Crippen LogP contribution in [0.5, 0.6) is 5.75 Å². The molecule has 8 heteroatoms. The molecule has 2 aromatic rings. The number of amidine groups is 1. The van der Waals surface area contributed by atoms with Crippen LogP contribution in [-0.2, 0) is 4.79 Å². The first-order valence-electron chi connectivity index (χ1n) is 7.19. The second-order valence-corrected chi connectivity index (χ2v) is 6.14. The summed E-state index contributed by atoms with van der Waals surface area (Å²) in [5.74, 6) is -1.62. The number of carbonyl (C=O) groups excluding carboxylic acids is 1. The van der Waals surface area contributed by atoms with E-state index in [1.807, 2.05) is 6.07 Å². The minimum absolute atomic E-state index is 0.142. The van der Waals surface area contributed by atoms with Crippen molar-refractivity contribution >= 4 is 40.6 Å². The van der Waals surface area contributed by atoms with Crippen LogP contribution in [-0.4, -0.2) is 44.2 Å². The highest BCUT2D eigenvalue weighted by Crippen LogP contribution is 2.34. The Morgan fingerprint density at radius 1 is 1.32 bits per heavy atom. The van der Waals surface area contributed by atoms with Crippen LogP contribution < -0.4 is 0 Å². The summed E-state index contributed by atoms with van der Waals surface area (Å²) in [5.41, 5.74) is 0.659. The van der Waals surface area contributed by atoms with E-state index < -0.39 is 5.97 Å². The predicted octanol–water partition coefficient (Wildman–Crippen LogP) is 2.72. The number of likely N-dealkylation sites (N-methyl/N-ethyl adjacent to an activating group) is 1. The van der Waals surface area contributed by atoms with Crippen molar-refractivity contribution in [1.29, 1.82) is 0 Å². The van der Waals surface area contributed by atoms with Gasteiger partial charge in [0, 0.05) is 13.2 Å². The number of phenolic OH excluding ortho intramolecular Hbond substituents is 1. The number of carbonyl (C=O) groups is 2. The number of aliphatic imine (C=N–C) groups is 1. The van der Waals surface area contributed by atoms with Crippen LogP contribution in [0.15, 0.2) is 52.5 Å². The summed E-state index contributed by atoms with van der Waals surface area (Å²) in [5, 5.41) is 19.0. The number of phenols is 1. The number of hydrogen-bond acceptors (Lipinski definition) is 6. The van der Waals surface area contributed by atoms with Crippen molar-refractivity contribution in [1.82, 2.24) is 9.88 Å². The van der Waals surface area contributed by atoms with Crippen LogP contribution in [0.4, 0.5) is 5.69 Å². The third-order valence-corrected chi connectivity index (χ3v) is 4.46. The van der Waals surface area contributed by atoms with Gasteiger partial charge < -0.3 is 10.2 Å². The van der Waals surface area contributed by atoms with E-state index in [9.17, 15) is 19.8 Å². The summed E-state index contributed by atoms with van der Waals surface area (Å²) in [6.07, 6.45) is 3.28. The summed E-state index contributed by atoms with van der Waals surface area (Å²) in [7, 11) is 1.56. The van der Waals surface area contributed by atoms with Gasteiger partial charge in [0.2, 0.25) is 0 Å². The second-order valence-electron chi connectivity index (χ2n) is 5.13. The van der Waals surface area contributed by atoms with Crippen LogP contribution in [0.25, 0.3) is 6.08 Å². The number of carboxylic acids is 1. The molecule has 0 radical (unpaired) electrons. The van der Waals surface area contributed by atoms with Gasteiger partial charge in [0.05, 0.1) is 21.8 Å². The van der Waals surface area contributed by atoms with Crippen molar-refractivity contribution in [3.63, 3.8) is 0 Å². The molecular formula is C17H13N3O4S. The number of rotatable bonds is 3. The van der Waals surface area contributed by atoms with Crippen molar-refractivity contribution in [2.24, 2.45) is 4.99 Å². The highest BCUT2D eigenvalue weighted by Gasteiger charge is 2.30. The first-order valence-corrected chi connectivity index (χ1v) is 8.01. The molecule has 0 saturated carbocycles. The molecule has 2 N–H and O–H groups in total. The Morgan fingerprint density at radius 3 is 2.80 bits per heavy atom. The van der Waals surface area contributed by atoms with E-state index in [4.69, 9.17) is 0 Å². The fourth-order valence-corrected chi connectivity index (χ4v) is 3.11. The van der Waals surface area contributed by atoms with Crippen LogP contribution >= 0.6 is 11.8 Å². The molecule has 1 aliphatic heterocycles. The SMILES string of the molecule is CN1C(=O)/C(=C/c2ccccn2)SC1=Nc1ccc(O)cc1C(=O)O. The average Bonchev–Trinajstić information content (AvgIpc) is 2.85. The molecule has 2 heterocycles. The minimum atomic E-state index is -1.21. The molecule has 7 nitrogen and oxygen atoms in total. The van der Waals surface area contributed by atoms with Gasteiger partial charge in [0.15, 0.2) is 5.17 Å². The van der Waals surface area contributed by atoms with Crippen molar-refractivity contribution in [3.05, 3.63) is 58.8 Å². The maximum atomic E-state index is 12.4. The Morgan fingerprint density at radius 2 is 2.12 bits per heavy atom. The number of aromatic nitrogens is 1. The average molecular weight is 355 g/mol. The normalized spacial score (nSPS) is 17.5. The summed E-state index contributed by atoms with van der Waals surface area (Å²) >= 11 is 1.13. The quantitative estimate of drug-likeness (QED) is 0.821. The van der Waals surface area contributed by atoms with Crippen molar-refractivity contribution in [2.75, 3.05) is 7.05 Å². The molecule has 3 rings (SSSR count). The molecule has 1 fully saturated rings.